The molecule has 3 heterocycles. The third kappa shape index (κ3) is 8.44. The highest BCUT2D eigenvalue weighted by Crippen LogP contribution is 2.39. The molecule has 0 radical (unpaired) electrons. The van der Waals surface area contributed by atoms with Crippen LogP contribution in [0.5, 0.6) is 0 Å². The van der Waals surface area contributed by atoms with E-state index in [-0.39, 0.29) is 30.1 Å². The van der Waals surface area contributed by atoms with Crippen LogP contribution in [0.25, 0.3) is 22.3 Å². The summed E-state index contributed by atoms with van der Waals surface area (Å²) in [6.45, 7) is 13.6. The van der Waals surface area contributed by atoms with Crippen molar-refractivity contribution in [1.82, 2.24) is 24.6 Å². The number of piperidine rings is 1. The van der Waals surface area contributed by atoms with Crippen LogP contribution >= 0.6 is 15.9 Å². The minimum absolute atomic E-state index is 0.0280. The summed E-state index contributed by atoms with van der Waals surface area (Å²) in [5.41, 5.74) is -1.24. The second-order valence-corrected chi connectivity index (χ2v) is 19.3. The Morgan fingerprint density at radius 1 is 1.19 bits per heavy atom. The molecule has 0 spiro atoms. The number of rotatable bonds is 8. The summed E-state index contributed by atoms with van der Waals surface area (Å²) in [7, 11) is -1.32. The number of hydrogen-bond acceptors (Lipinski definition) is 7. The number of carbonyl (C=O) groups is 1. The molecule has 3 aromatic rings. The number of carbonyl (C=O) groups excluding carboxylic acids is 1. The van der Waals surface area contributed by atoms with Gasteiger partial charge in [-0.15, -0.1) is 0 Å². The number of anilines is 1. The third-order valence-corrected chi connectivity index (χ3v) is 8.85. The molecular formula is C28H38BrF3N6O3Si. The monoisotopic (exact) mass is 670 g/mol. The van der Waals surface area contributed by atoms with E-state index in [1.54, 1.807) is 48.6 Å². The van der Waals surface area contributed by atoms with Gasteiger partial charge in [-0.05, 0) is 57.9 Å². The highest BCUT2D eigenvalue weighted by molar-refractivity contribution is 9.10. The highest BCUT2D eigenvalue weighted by Gasteiger charge is 2.37. The van der Waals surface area contributed by atoms with E-state index in [0.717, 1.165) is 16.7 Å². The maximum absolute atomic E-state index is 14.2. The van der Waals surface area contributed by atoms with Crippen molar-refractivity contribution in [1.29, 1.82) is 0 Å². The number of likely N-dealkylation sites (tertiary alicyclic amines) is 1. The van der Waals surface area contributed by atoms with Gasteiger partial charge in [-0.25, -0.2) is 19.4 Å². The number of fused-ring (bicyclic) bond motifs is 1. The van der Waals surface area contributed by atoms with Crippen molar-refractivity contribution in [2.45, 2.75) is 83.8 Å². The number of ether oxygens (including phenoxy) is 2. The normalized spacial score (nSPS) is 16.6. The SMILES string of the molecule is CC(C)(C)OC(=O)N1CCC[C@H](Nc2ncc(C(F)(F)F)c(-c3nn(COCC[Si](C)(C)C)c4cc(Br)ccc34)n2)C1. The molecule has 0 aliphatic carbocycles. The minimum atomic E-state index is -4.70. The first-order valence-corrected chi connectivity index (χ1v) is 18.4. The van der Waals surface area contributed by atoms with Gasteiger partial charge in [-0.1, -0.05) is 35.6 Å². The fourth-order valence-electron chi connectivity index (χ4n) is 4.56. The molecule has 1 atom stereocenters. The number of nitrogens with one attached hydrogen (secondary N) is 1. The lowest BCUT2D eigenvalue weighted by Crippen LogP contribution is -2.47. The van der Waals surface area contributed by atoms with Crippen LogP contribution in [0, 0.1) is 0 Å². The van der Waals surface area contributed by atoms with Crippen LogP contribution in [0.2, 0.25) is 25.7 Å². The number of aromatic nitrogens is 4. The quantitative estimate of drug-likeness (QED) is 0.197. The van der Waals surface area contributed by atoms with Gasteiger partial charge in [0.2, 0.25) is 5.95 Å². The van der Waals surface area contributed by atoms with Crippen molar-refractivity contribution in [2.24, 2.45) is 0 Å². The first-order valence-electron chi connectivity index (χ1n) is 13.9. The lowest BCUT2D eigenvalue weighted by molar-refractivity contribution is -0.137. The average Bonchev–Trinajstić information content (AvgIpc) is 3.22. The Bertz CT molecular complexity index is 1420. The second-order valence-electron chi connectivity index (χ2n) is 12.7. The number of halogens is 4. The van der Waals surface area contributed by atoms with Crippen molar-refractivity contribution in [2.75, 3.05) is 25.0 Å². The number of nitrogens with zero attached hydrogens (tertiary/aromatic N) is 5. The Kier molecular flexibility index (Phi) is 9.58. The number of amides is 1. The van der Waals surface area contributed by atoms with Gasteiger partial charge in [-0.2, -0.15) is 18.3 Å². The Hall–Kier alpha value is -2.71. The predicted molar refractivity (Wildman–Crippen MR) is 162 cm³/mol. The lowest BCUT2D eigenvalue weighted by Gasteiger charge is -2.34. The first-order chi connectivity index (χ1) is 19.5. The molecule has 4 rings (SSSR count). The van der Waals surface area contributed by atoms with Crippen LogP contribution in [0.15, 0.2) is 28.9 Å². The predicted octanol–water partition coefficient (Wildman–Crippen LogP) is 7.40. The van der Waals surface area contributed by atoms with E-state index in [1.807, 2.05) is 0 Å². The zero-order valence-electron chi connectivity index (χ0n) is 24.8. The van der Waals surface area contributed by atoms with E-state index in [9.17, 15) is 18.0 Å². The number of alkyl halides is 3. The summed E-state index contributed by atoms with van der Waals surface area (Å²) in [4.78, 5) is 22.5. The molecule has 42 heavy (non-hydrogen) atoms. The van der Waals surface area contributed by atoms with E-state index in [0.29, 0.717) is 43.4 Å². The largest absolute Gasteiger partial charge is 0.444 e. The molecule has 9 nitrogen and oxygen atoms in total. The molecule has 1 saturated heterocycles. The first kappa shape index (κ1) is 32.2. The summed E-state index contributed by atoms with van der Waals surface area (Å²) < 4.78 is 56.3. The molecule has 0 saturated carbocycles. The molecule has 1 aromatic carbocycles. The van der Waals surface area contributed by atoms with E-state index < -0.39 is 31.5 Å². The molecule has 14 heteroatoms. The van der Waals surface area contributed by atoms with Crippen LogP contribution in [0.4, 0.5) is 23.9 Å². The molecule has 1 aliphatic rings. The maximum atomic E-state index is 14.2. The fraction of sp³-hybridized carbons (Fsp3) is 0.571. The Labute approximate surface area is 253 Å². The lowest BCUT2D eigenvalue weighted by atomic mass is 10.1. The maximum Gasteiger partial charge on any atom is 0.420 e. The zero-order chi connectivity index (χ0) is 30.9. The molecule has 1 N–H and O–H groups in total. The van der Waals surface area contributed by atoms with Crippen LogP contribution in [0.3, 0.4) is 0 Å². The fourth-order valence-corrected chi connectivity index (χ4v) is 5.66. The topological polar surface area (TPSA) is 94.4 Å². The molecule has 1 fully saturated rings. The Morgan fingerprint density at radius 3 is 2.60 bits per heavy atom. The molecule has 0 bridgehead atoms. The van der Waals surface area contributed by atoms with E-state index >= 15 is 0 Å². The van der Waals surface area contributed by atoms with Crippen LogP contribution in [-0.4, -0.2) is 70.2 Å². The van der Waals surface area contributed by atoms with Gasteiger partial charge in [0.05, 0.1) is 5.52 Å². The van der Waals surface area contributed by atoms with E-state index in [2.05, 4.69) is 56.0 Å². The van der Waals surface area contributed by atoms with Gasteiger partial charge in [0.15, 0.2) is 0 Å². The molecular weight excluding hydrogens is 633 g/mol. The van der Waals surface area contributed by atoms with Gasteiger partial charge in [0.1, 0.15) is 29.3 Å². The zero-order valence-corrected chi connectivity index (χ0v) is 27.4. The van der Waals surface area contributed by atoms with Gasteiger partial charge in [0, 0.05) is 49.9 Å². The Morgan fingerprint density at radius 2 is 1.93 bits per heavy atom. The van der Waals surface area contributed by atoms with Gasteiger partial charge >= 0.3 is 12.3 Å². The second kappa shape index (κ2) is 12.5. The van der Waals surface area contributed by atoms with Crippen LogP contribution in [-0.2, 0) is 22.4 Å². The number of hydrogen-bond donors (Lipinski definition) is 1. The molecule has 1 aliphatic heterocycles. The van der Waals surface area contributed by atoms with E-state index in [1.165, 1.54) is 0 Å². The van der Waals surface area contributed by atoms with Gasteiger partial charge < -0.3 is 19.7 Å². The molecule has 0 unspecified atom stereocenters. The summed E-state index contributed by atoms with van der Waals surface area (Å²) in [6.07, 6.45) is -2.96. The smallest absolute Gasteiger partial charge is 0.420 e. The summed E-state index contributed by atoms with van der Waals surface area (Å²) in [5.74, 6) is 0.0280. The van der Waals surface area contributed by atoms with Crippen molar-refractivity contribution in [3.63, 3.8) is 0 Å². The third-order valence-electron chi connectivity index (χ3n) is 6.65. The standard InChI is InChI=1S/C28H38BrF3N6O3Si/c1-27(2,3)41-26(39)37-11-7-8-19(16-37)34-25-33-15-21(28(30,31)32)24(35-25)23-20-10-9-18(29)14-22(20)38(36-23)17-40-12-13-42(4,5)6/h9-10,14-15,19H,7-8,11-13,16-17H2,1-6H3,(H,33,34,35)/t19-/m0/s1. The van der Waals surface area contributed by atoms with E-state index in [4.69, 9.17) is 9.47 Å². The molecule has 1 amide bonds. The van der Waals surface area contributed by atoms with Gasteiger partial charge in [-0.3, -0.25) is 0 Å². The van der Waals surface area contributed by atoms with Crippen LogP contribution in [0.1, 0.15) is 39.2 Å². The minimum Gasteiger partial charge on any atom is -0.444 e. The van der Waals surface area contributed by atoms with Gasteiger partial charge in [0.25, 0.3) is 0 Å². The highest BCUT2D eigenvalue weighted by atomic mass is 79.9. The molecule has 2 aromatic heterocycles. The average molecular weight is 672 g/mol. The van der Waals surface area contributed by atoms with Crippen molar-refractivity contribution in [3.8, 4) is 11.4 Å². The number of benzene rings is 1. The van der Waals surface area contributed by atoms with Crippen LogP contribution < -0.4 is 5.32 Å². The summed E-state index contributed by atoms with van der Waals surface area (Å²) in [5, 5.41) is 8.21. The van der Waals surface area contributed by atoms with Crippen molar-refractivity contribution in [3.05, 3.63) is 34.4 Å². The Balaban J connectivity index is 1.65. The summed E-state index contributed by atoms with van der Waals surface area (Å²) >= 11 is 3.46. The summed E-state index contributed by atoms with van der Waals surface area (Å²) in [6, 6.07) is 5.96. The van der Waals surface area contributed by atoms with Crippen molar-refractivity contribution >= 4 is 46.9 Å². The van der Waals surface area contributed by atoms with Crippen molar-refractivity contribution < 1.29 is 27.4 Å². The molecule has 230 valence electrons.